The van der Waals surface area contributed by atoms with Crippen molar-refractivity contribution in [2.45, 2.75) is 20.0 Å². The number of hydrogen-bond acceptors (Lipinski definition) is 2. The SMILES string of the molecule is CNCC(O)c1cc(C)cc(C)c1Cl. The number of hydrogen-bond donors (Lipinski definition) is 2. The van der Waals surface area contributed by atoms with Gasteiger partial charge in [-0.15, -0.1) is 0 Å². The Morgan fingerprint density at radius 3 is 2.64 bits per heavy atom. The lowest BCUT2D eigenvalue weighted by Crippen LogP contribution is -2.17. The van der Waals surface area contributed by atoms with Crippen LogP contribution < -0.4 is 5.32 Å². The lowest BCUT2D eigenvalue weighted by atomic mass is 10.0. The summed E-state index contributed by atoms with van der Waals surface area (Å²) < 4.78 is 0. The van der Waals surface area contributed by atoms with Gasteiger partial charge in [0, 0.05) is 17.1 Å². The summed E-state index contributed by atoms with van der Waals surface area (Å²) in [7, 11) is 1.81. The van der Waals surface area contributed by atoms with Crippen LogP contribution in [0.25, 0.3) is 0 Å². The monoisotopic (exact) mass is 213 g/mol. The van der Waals surface area contributed by atoms with Gasteiger partial charge in [-0.25, -0.2) is 0 Å². The highest BCUT2D eigenvalue weighted by Gasteiger charge is 2.12. The van der Waals surface area contributed by atoms with Crippen molar-refractivity contribution in [3.63, 3.8) is 0 Å². The Morgan fingerprint density at radius 1 is 1.43 bits per heavy atom. The average molecular weight is 214 g/mol. The minimum absolute atomic E-state index is 0.516. The summed E-state index contributed by atoms with van der Waals surface area (Å²) >= 11 is 6.11. The van der Waals surface area contributed by atoms with Gasteiger partial charge in [-0.05, 0) is 26.5 Å². The number of aryl methyl sites for hydroxylation is 2. The molecule has 1 rings (SSSR count). The van der Waals surface area contributed by atoms with Crippen LogP contribution in [0.3, 0.4) is 0 Å². The first-order valence-corrected chi connectivity index (χ1v) is 5.03. The molecule has 0 heterocycles. The van der Waals surface area contributed by atoms with Gasteiger partial charge >= 0.3 is 0 Å². The van der Waals surface area contributed by atoms with Gasteiger partial charge in [-0.3, -0.25) is 0 Å². The zero-order chi connectivity index (χ0) is 10.7. The standard InChI is InChI=1S/C11H16ClNO/c1-7-4-8(2)11(12)9(5-7)10(14)6-13-3/h4-5,10,13-14H,6H2,1-3H3. The molecular formula is C11H16ClNO. The zero-order valence-corrected chi connectivity index (χ0v) is 9.52. The molecule has 0 amide bonds. The Kier molecular flexibility index (Phi) is 3.93. The highest BCUT2D eigenvalue weighted by atomic mass is 35.5. The average Bonchev–Trinajstić information content (AvgIpc) is 2.11. The molecule has 1 aromatic rings. The van der Waals surface area contributed by atoms with Crippen molar-refractivity contribution >= 4 is 11.6 Å². The van der Waals surface area contributed by atoms with Crippen LogP contribution in [-0.4, -0.2) is 18.7 Å². The number of likely N-dealkylation sites (N-methyl/N-ethyl adjacent to an activating group) is 1. The molecule has 0 aromatic heterocycles. The van der Waals surface area contributed by atoms with E-state index in [0.29, 0.717) is 11.6 Å². The Labute approximate surface area is 89.9 Å². The van der Waals surface area contributed by atoms with Crippen molar-refractivity contribution in [1.82, 2.24) is 5.32 Å². The smallest absolute Gasteiger partial charge is 0.0928 e. The number of nitrogens with one attached hydrogen (secondary N) is 1. The first-order valence-electron chi connectivity index (χ1n) is 4.65. The third kappa shape index (κ3) is 2.47. The van der Waals surface area contributed by atoms with Crippen molar-refractivity contribution < 1.29 is 5.11 Å². The van der Waals surface area contributed by atoms with E-state index in [1.807, 2.05) is 26.0 Å². The highest BCUT2D eigenvalue weighted by Crippen LogP contribution is 2.27. The molecule has 2 N–H and O–H groups in total. The third-order valence-corrected chi connectivity index (χ3v) is 2.70. The van der Waals surface area contributed by atoms with Gasteiger partial charge in [-0.1, -0.05) is 29.3 Å². The molecule has 78 valence electrons. The summed E-state index contributed by atoms with van der Waals surface area (Å²) in [4.78, 5) is 0. The van der Waals surface area contributed by atoms with Gasteiger partial charge in [-0.2, -0.15) is 0 Å². The maximum absolute atomic E-state index is 9.80. The molecule has 0 saturated carbocycles. The second-order valence-corrected chi connectivity index (χ2v) is 3.94. The molecule has 14 heavy (non-hydrogen) atoms. The Morgan fingerprint density at radius 2 is 2.07 bits per heavy atom. The fourth-order valence-electron chi connectivity index (χ4n) is 1.53. The van der Waals surface area contributed by atoms with Gasteiger partial charge in [0.25, 0.3) is 0 Å². The molecule has 0 spiro atoms. The van der Waals surface area contributed by atoms with Gasteiger partial charge in [0.1, 0.15) is 0 Å². The fraction of sp³-hybridized carbons (Fsp3) is 0.455. The second-order valence-electron chi connectivity index (χ2n) is 3.56. The third-order valence-electron chi connectivity index (χ3n) is 2.18. The van der Waals surface area contributed by atoms with Crippen molar-refractivity contribution in [3.8, 4) is 0 Å². The summed E-state index contributed by atoms with van der Waals surface area (Å²) in [6.07, 6.45) is -0.536. The van der Waals surface area contributed by atoms with Crippen LogP contribution in [0.15, 0.2) is 12.1 Å². The van der Waals surface area contributed by atoms with E-state index in [0.717, 1.165) is 16.7 Å². The van der Waals surface area contributed by atoms with E-state index in [1.165, 1.54) is 0 Å². The largest absolute Gasteiger partial charge is 0.387 e. The van der Waals surface area contributed by atoms with Gasteiger partial charge in [0.2, 0.25) is 0 Å². The molecule has 0 saturated heterocycles. The molecule has 0 radical (unpaired) electrons. The fourth-order valence-corrected chi connectivity index (χ4v) is 1.76. The lowest BCUT2D eigenvalue weighted by molar-refractivity contribution is 0.178. The molecule has 0 aliphatic carbocycles. The number of halogens is 1. The van der Waals surface area contributed by atoms with Crippen LogP contribution in [0.4, 0.5) is 0 Å². The molecule has 2 nitrogen and oxygen atoms in total. The number of aliphatic hydroxyl groups is 1. The lowest BCUT2D eigenvalue weighted by Gasteiger charge is -2.14. The Bertz CT molecular complexity index is 325. The predicted molar refractivity (Wildman–Crippen MR) is 59.8 cm³/mol. The van der Waals surface area contributed by atoms with Crippen LogP contribution in [0.2, 0.25) is 5.02 Å². The molecule has 1 atom stereocenters. The van der Waals surface area contributed by atoms with E-state index in [2.05, 4.69) is 5.32 Å². The van der Waals surface area contributed by atoms with E-state index >= 15 is 0 Å². The predicted octanol–water partition coefficient (Wildman–Crippen LogP) is 2.21. The van der Waals surface area contributed by atoms with Crippen LogP contribution in [0.5, 0.6) is 0 Å². The summed E-state index contributed by atoms with van der Waals surface area (Å²) in [5, 5.41) is 13.4. The molecule has 1 aromatic carbocycles. The van der Waals surface area contributed by atoms with Crippen molar-refractivity contribution in [2.24, 2.45) is 0 Å². The normalized spacial score (nSPS) is 12.9. The van der Waals surface area contributed by atoms with Crippen LogP contribution in [0, 0.1) is 13.8 Å². The first-order chi connectivity index (χ1) is 6.56. The highest BCUT2D eigenvalue weighted by molar-refractivity contribution is 6.32. The van der Waals surface area contributed by atoms with Gasteiger partial charge in [0.15, 0.2) is 0 Å². The maximum atomic E-state index is 9.80. The summed E-state index contributed by atoms with van der Waals surface area (Å²) in [6.45, 7) is 4.46. The minimum atomic E-state index is -0.536. The zero-order valence-electron chi connectivity index (χ0n) is 8.76. The second kappa shape index (κ2) is 4.78. The number of rotatable bonds is 3. The van der Waals surface area contributed by atoms with Gasteiger partial charge < -0.3 is 10.4 Å². The van der Waals surface area contributed by atoms with Crippen molar-refractivity contribution in [1.29, 1.82) is 0 Å². The molecule has 0 aliphatic heterocycles. The van der Waals surface area contributed by atoms with Crippen LogP contribution >= 0.6 is 11.6 Å². The summed E-state index contributed by atoms with van der Waals surface area (Å²) in [6, 6.07) is 3.94. The topological polar surface area (TPSA) is 32.3 Å². The van der Waals surface area contributed by atoms with Crippen molar-refractivity contribution in [3.05, 3.63) is 33.8 Å². The summed E-state index contributed by atoms with van der Waals surface area (Å²) in [5.41, 5.74) is 2.94. The van der Waals surface area contributed by atoms with E-state index in [4.69, 9.17) is 11.6 Å². The first kappa shape index (κ1) is 11.5. The molecule has 3 heteroatoms. The molecule has 0 fully saturated rings. The molecule has 1 unspecified atom stereocenters. The molecule has 0 aliphatic rings. The van der Waals surface area contributed by atoms with E-state index < -0.39 is 6.10 Å². The Hall–Kier alpha value is -0.570. The summed E-state index contributed by atoms with van der Waals surface area (Å²) in [5.74, 6) is 0. The van der Waals surface area contributed by atoms with Gasteiger partial charge in [0.05, 0.1) is 6.10 Å². The van der Waals surface area contributed by atoms with Crippen molar-refractivity contribution in [2.75, 3.05) is 13.6 Å². The van der Waals surface area contributed by atoms with Crippen LogP contribution in [0.1, 0.15) is 22.8 Å². The molecule has 0 bridgehead atoms. The minimum Gasteiger partial charge on any atom is -0.387 e. The van der Waals surface area contributed by atoms with E-state index in [-0.39, 0.29) is 0 Å². The van der Waals surface area contributed by atoms with Crippen LogP contribution in [-0.2, 0) is 0 Å². The number of aliphatic hydroxyl groups excluding tert-OH is 1. The van der Waals surface area contributed by atoms with E-state index in [1.54, 1.807) is 7.05 Å². The Balaban J connectivity index is 3.07. The number of benzene rings is 1. The quantitative estimate of drug-likeness (QED) is 0.807. The maximum Gasteiger partial charge on any atom is 0.0928 e. The van der Waals surface area contributed by atoms with E-state index in [9.17, 15) is 5.11 Å². The molecular weight excluding hydrogens is 198 g/mol.